The lowest BCUT2D eigenvalue weighted by molar-refractivity contribution is 0.601. The molecule has 0 aliphatic heterocycles. The van der Waals surface area contributed by atoms with Gasteiger partial charge in [-0.25, -0.2) is 8.42 Å². The summed E-state index contributed by atoms with van der Waals surface area (Å²) in [6.45, 7) is 0. The van der Waals surface area contributed by atoms with E-state index in [9.17, 15) is 8.42 Å². The van der Waals surface area contributed by atoms with Crippen LogP contribution in [0.15, 0.2) is 71.8 Å². The molecule has 0 fully saturated rings. The molecule has 2 aromatic carbocycles. The number of aromatic nitrogens is 1. The molecule has 4 nitrogen and oxygen atoms in total. The third-order valence-corrected chi connectivity index (χ3v) is 4.29. The molecule has 0 aliphatic rings. The minimum absolute atomic E-state index is 0.201. The van der Waals surface area contributed by atoms with Gasteiger partial charge >= 0.3 is 0 Å². The van der Waals surface area contributed by atoms with Crippen LogP contribution in [0.4, 0.5) is 5.69 Å². The van der Waals surface area contributed by atoms with Crippen molar-refractivity contribution in [2.24, 2.45) is 0 Å². The van der Waals surface area contributed by atoms with Gasteiger partial charge in [-0.3, -0.25) is 9.71 Å². The Hall–Kier alpha value is -2.40. The molecule has 1 aromatic heterocycles. The first-order valence-electron chi connectivity index (χ1n) is 6.08. The van der Waals surface area contributed by atoms with Crippen LogP contribution in [0, 0.1) is 0 Å². The molecule has 0 unspecified atom stereocenters. The van der Waals surface area contributed by atoms with E-state index in [0.717, 1.165) is 5.39 Å². The lowest BCUT2D eigenvalue weighted by atomic mass is 10.2. The zero-order valence-electron chi connectivity index (χ0n) is 10.5. The van der Waals surface area contributed by atoms with Crippen LogP contribution < -0.4 is 4.72 Å². The van der Waals surface area contributed by atoms with Crippen LogP contribution in [0.25, 0.3) is 10.9 Å². The fourth-order valence-electron chi connectivity index (χ4n) is 1.93. The fraction of sp³-hybridized carbons (Fsp3) is 0. The molecule has 0 saturated carbocycles. The third-order valence-electron chi connectivity index (χ3n) is 2.91. The number of nitrogens with one attached hydrogen (secondary N) is 1. The summed E-state index contributed by atoms with van der Waals surface area (Å²) in [5.74, 6) is 0. The van der Waals surface area contributed by atoms with Crippen molar-refractivity contribution >= 4 is 26.6 Å². The summed E-state index contributed by atoms with van der Waals surface area (Å²) < 4.78 is 27.2. The first-order valence-corrected chi connectivity index (χ1v) is 7.56. The highest BCUT2D eigenvalue weighted by molar-refractivity contribution is 7.92. The van der Waals surface area contributed by atoms with Gasteiger partial charge in [0.2, 0.25) is 0 Å². The van der Waals surface area contributed by atoms with E-state index >= 15 is 0 Å². The molecule has 0 saturated heterocycles. The molecular formula is C15H12N2O2S. The third kappa shape index (κ3) is 2.48. The zero-order valence-corrected chi connectivity index (χ0v) is 11.3. The van der Waals surface area contributed by atoms with E-state index in [-0.39, 0.29) is 4.90 Å². The maximum absolute atomic E-state index is 12.3. The van der Waals surface area contributed by atoms with E-state index in [4.69, 9.17) is 0 Å². The smallest absolute Gasteiger partial charge is 0.261 e. The van der Waals surface area contributed by atoms with E-state index in [1.54, 1.807) is 48.7 Å². The second kappa shape index (κ2) is 4.94. The molecule has 1 heterocycles. The first-order chi connectivity index (χ1) is 9.65. The molecule has 5 heteroatoms. The number of rotatable bonds is 3. The Balaban J connectivity index is 2.01. The lowest BCUT2D eigenvalue weighted by Crippen LogP contribution is -2.12. The Bertz CT molecular complexity index is 846. The molecule has 0 spiro atoms. The number of hydrogen-bond acceptors (Lipinski definition) is 3. The van der Waals surface area contributed by atoms with Gasteiger partial charge in [0.15, 0.2) is 0 Å². The Morgan fingerprint density at radius 3 is 2.50 bits per heavy atom. The van der Waals surface area contributed by atoms with E-state index in [0.29, 0.717) is 11.2 Å². The Morgan fingerprint density at radius 1 is 0.900 bits per heavy atom. The molecule has 0 radical (unpaired) electrons. The second-order valence-corrected chi connectivity index (χ2v) is 6.01. The van der Waals surface area contributed by atoms with Crippen LogP contribution in [0.3, 0.4) is 0 Å². The Morgan fingerprint density at radius 2 is 1.70 bits per heavy atom. The molecule has 0 bridgehead atoms. The zero-order chi connectivity index (χ0) is 14.0. The summed E-state index contributed by atoms with van der Waals surface area (Å²) in [6.07, 6.45) is 1.64. The second-order valence-electron chi connectivity index (χ2n) is 4.33. The molecule has 100 valence electrons. The maximum Gasteiger partial charge on any atom is 0.261 e. The van der Waals surface area contributed by atoms with Gasteiger partial charge in [0.05, 0.1) is 10.4 Å². The van der Waals surface area contributed by atoms with E-state index in [1.165, 1.54) is 0 Å². The fourth-order valence-corrected chi connectivity index (χ4v) is 3.01. The molecule has 20 heavy (non-hydrogen) atoms. The van der Waals surface area contributed by atoms with Gasteiger partial charge in [0, 0.05) is 17.3 Å². The summed E-state index contributed by atoms with van der Waals surface area (Å²) in [5, 5.41) is 0.908. The van der Waals surface area contributed by atoms with Crippen molar-refractivity contribution in [3.63, 3.8) is 0 Å². The summed E-state index contributed by atoms with van der Waals surface area (Å²) >= 11 is 0. The van der Waals surface area contributed by atoms with Crippen molar-refractivity contribution in [1.29, 1.82) is 0 Å². The highest BCUT2D eigenvalue weighted by Crippen LogP contribution is 2.19. The average molecular weight is 284 g/mol. The summed E-state index contributed by atoms with van der Waals surface area (Å²) in [6, 6.07) is 17.4. The molecular weight excluding hydrogens is 272 g/mol. The minimum Gasteiger partial charge on any atom is -0.280 e. The quantitative estimate of drug-likeness (QED) is 0.804. The van der Waals surface area contributed by atoms with Crippen LogP contribution in [0.2, 0.25) is 0 Å². The first kappa shape index (κ1) is 12.6. The van der Waals surface area contributed by atoms with Crippen molar-refractivity contribution in [3.8, 4) is 0 Å². The topological polar surface area (TPSA) is 59.1 Å². The normalized spacial score (nSPS) is 11.4. The van der Waals surface area contributed by atoms with E-state index in [2.05, 4.69) is 9.71 Å². The number of pyridine rings is 1. The molecule has 3 rings (SSSR count). The lowest BCUT2D eigenvalue weighted by Gasteiger charge is -2.08. The number of fused-ring (bicyclic) bond motifs is 1. The van der Waals surface area contributed by atoms with Crippen molar-refractivity contribution in [3.05, 3.63) is 66.9 Å². The standard InChI is InChI=1S/C15H12N2O2S/c18-20(19,17-13-6-2-1-3-7-13)14-9-8-12-5-4-10-16-15(12)11-14/h1-11,17H. The number of hydrogen-bond donors (Lipinski definition) is 1. The summed E-state index contributed by atoms with van der Waals surface area (Å²) in [7, 11) is -3.59. The van der Waals surface area contributed by atoms with Crippen molar-refractivity contribution < 1.29 is 8.42 Å². The van der Waals surface area contributed by atoms with Gasteiger partial charge in [0.25, 0.3) is 10.0 Å². The van der Waals surface area contributed by atoms with Gasteiger partial charge in [-0.2, -0.15) is 0 Å². The van der Waals surface area contributed by atoms with Crippen molar-refractivity contribution in [2.45, 2.75) is 4.90 Å². The van der Waals surface area contributed by atoms with Gasteiger partial charge in [-0.05, 0) is 30.3 Å². The SMILES string of the molecule is O=S(=O)(Nc1ccccc1)c1ccc2cccnc2c1. The van der Waals surface area contributed by atoms with Crippen molar-refractivity contribution in [2.75, 3.05) is 4.72 Å². The van der Waals surface area contributed by atoms with Crippen LogP contribution in [-0.4, -0.2) is 13.4 Å². The van der Waals surface area contributed by atoms with Gasteiger partial charge in [-0.1, -0.05) is 30.3 Å². The maximum atomic E-state index is 12.3. The predicted molar refractivity (Wildman–Crippen MR) is 79.0 cm³/mol. The van der Waals surface area contributed by atoms with Crippen molar-refractivity contribution in [1.82, 2.24) is 4.98 Å². The van der Waals surface area contributed by atoms with E-state index in [1.807, 2.05) is 18.2 Å². The number of para-hydroxylation sites is 1. The molecule has 3 aromatic rings. The number of benzene rings is 2. The minimum atomic E-state index is -3.59. The van der Waals surface area contributed by atoms with Crippen LogP contribution in [0.5, 0.6) is 0 Å². The highest BCUT2D eigenvalue weighted by atomic mass is 32.2. The monoisotopic (exact) mass is 284 g/mol. The number of anilines is 1. The Labute approximate surface area is 117 Å². The van der Waals surface area contributed by atoms with E-state index < -0.39 is 10.0 Å². The largest absolute Gasteiger partial charge is 0.280 e. The van der Waals surface area contributed by atoms with Crippen LogP contribution >= 0.6 is 0 Å². The molecule has 0 amide bonds. The number of nitrogens with zero attached hydrogens (tertiary/aromatic N) is 1. The predicted octanol–water partition coefficient (Wildman–Crippen LogP) is 3.04. The summed E-state index contributed by atoms with van der Waals surface area (Å²) in [4.78, 5) is 4.37. The van der Waals surface area contributed by atoms with Gasteiger partial charge in [-0.15, -0.1) is 0 Å². The molecule has 0 aliphatic carbocycles. The average Bonchev–Trinajstić information content (AvgIpc) is 2.47. The van der Waals surface area contributed by atoms with Crippen LogP contribution in [-0.2, 0) is 10.0 Å². The van der Waals surface area contributed by atoms with Crippen LogP contribution in [0.1, 0.15) is 0 Å². The highest BCUT2D eigenvalue weighted by Gasteiger charge is 2.14. The number of sulfonamides is 1. The Kier molecular flexibility index (Phi) is 3.12. The van der Waals surface area contributed by atoms with Gasteiger partial charge < -0.3 is 0 Å². The molecule has 0 atom stereocenters. The summed E-state index contributed by atoms with van der Waals surface area (Å²) in [5.41, 5.74) is 1.19. The van der Waals surface area contributed by atoms with Gasteiger partial charge in [0.1, 0.15) is 0 Å². The molecule has 1 N–H and O–H groups in total.